The molecule has 1 aliphatic rings. The molecule has 2 rings (SSSR count). The van der Waals surface area contributed by atoms with Crippen LogP contribution < -0.4 is 14.8 Å². The molecule has 0 radical (unpaired) electrons. The molecule has 0 bridgehead atoms. The highest BCUT2D eigenvalue weighted by Gasteiger charge is 2.18. The molecule has 1 aromatic carbocycles. The van der Waals surface area contributed by atoms with Gasteiger partial charge in [0.25, 0.3) is 0 Å². The highest BCUT2D eigenvalue weighted by atomic mass is 35.5. The van der Waals surface area contributed by atoms with Crippen molar-refractivity contribution in [2.45, 2.75) is 32.4 Å². The fraction of sp³-hybridized carbons (Fsp3) is 0.625. The van der Waals surface area contributed by atoms with E-state index in [9.17, 15) is 0 Å². The van der Waals surface area contributed by atoms with Gasteiger partial charge in [-0.1, -0.05) is 6.07 Å². The Morgan fingerprint density at radius 3 is 2.81 bits per heavy atom. The molecule has 0 aromatic heterocycles. The molecule has 0 amide bonds. The maximum atomic E-state index is 5.56. The van der Waals surface area contributed by atoms with Crippen molar-refractivity contribution in [2.24, 2.45) is 0 Å². The Morgan fingerprint density at radius 1 is 1.33 bits per heavy atom. The van der Waals surface area contributed by atoms with Gasteiger partial charge in [-0.3, -0.25) is 4.90 Å². The molecule has 1 aromatic rings. The molecule has 1 fully saturated rings. The predicted molar refractivity (Wildman–Crippen MR) is 88.8 cm³/mol. The van der Waals surface area contributed by atoms with Crippen molar-refractivity contribution in [2.75, 3.05) is 33.9 Å². The number of benzene rings is 1. The molecule has 1 N–H and O–H groups in total. The van der Waals surface area contributed by atoms with E-state index in [0.717, 1.165) is 24.6 Å². The lowest BCUT2D eigenvalue weighted by Crippen LogP contribution is -2.43. The monoisotopic (exact) mass is 314 g/mol. The van der Waals surface area contributed by atoms with Crippen molar-refractivity contribution in [3.8, 4) is 11.5 Å². The minimum Gasteiger partial charge on any atom is -0.493 e. The number of nitrogens with one attached hydrogen (secondary N) is 1. The number of likely N-dealkylation sites (N-methyl/N-ethyl adjacent to an activating group) is 1. The number of hydrogen-bond acceptors (Lipinski definition) is 4. The number of piperidine rings is 1. The predicted octanol–water partition coefficient (Wildman–Crippen LogP) is 2.70. The summed E-state index contributed by atoms with van der Waals surface area (Å²) in [6.45, 7) is 5.91. The van der Waals surface area contributed by atoms with Gasteiger partial charge in [-0.25, -0.2) is 0 Å². The summed E-state index contributed by atoms with van der Waals surface area (Å²) in [5.41, 5.74) is 1.28. The number of rotatable bonds is 6. The summed E-state index contributed by atoms with van der Waals surface area (Å²) in [5.74, 6) is 1.65. The zero-order chi connectivity index (χ0) is 14.4. The standard InChI is InChI=1S/C16H26N2O2.ClH/c1-4-20-15-8-7-13(10-16(15)19-3)11-18-9-5-6-14(12-18)17-2;/h7-8,10,14,17H,4-6,9,11-12H2,1-3H3;1H. The topological polar surface area (TPSA) is 33.7 Å². The van der Waals surface area contributed by atoms with Gasteiger partial charge in [0.05, 0.1) is 13.7 Å². The van der Waals surface area contributed by atoms with Gasteiger partial charge >= 0.3 is 0 Å². The Labute approximate surface area is 134 Å². The van der Waals surface area contributed by atoms with Gasteiger partial charge in [0.2, 0.25) is 0 Å². The first kappa shape index (κ1) is 18.1. The molecule has 21 heavy (non-hydrogen) atoms. The minimum atomic E-state index is 0. The number of methoxy groups -OCH3 is 1. The van der Waals surface area contributed by atoms with Crippen LogP contribution in [-0.4, -0.2) is 44.8 Å². The third kappa shape index (κ3) is 5.06. The van der Waals surface area contributed by atoms with Crippen molar-refractivity contribution in [3.05, 3.63) is 23.8 Å². The van der Waals surface area contributed by atoms with Crippen LogP contribution in [0.3, 0.4) is 0 Å². The normalized spacial score (nSPS) is 18.9. The second kappa shape index (κ2) is 9.13. The quantitative estimate of drug-likeness (QED) is 0.875. The molecule has 0 saturated carbocycles. The Bertz CT molecular complexity index is 429. The third-order valence-electron chi connectivity index (χ3n) is 3.85. The number of nitrogens with zero attached hydrogens (tertiary/aromatic N) is 1. The molecule has 1 aliphatic heterocycles. The lowest BCUT2D eigenvalue weighted by atomic mass is 10.0. The van der Waals surface area contributed by atoms with Crippen LogP contribution in [0.5, 0.6) is 11.5 Å². The van der Waals surface area contributed by atoms with Gasteiger partial charge in [0, 0.05) is 19.1 Å². The molecule has 4 nitrogen and oxygen atoms in total. The average molecular weight is 315 g/mol. The van der Waals surface area contributed by atoms with Crippen molar-refractivity contribution >= 4 is 12.4 Å². The molecule has 1 atom stereocenters. The first-order valence-electron chi connectivity index (χ1n) is 7.46. The van der Waals surface area contributed by atoms with Crippen LogP contribution in [0.25, 0.3) is 0 Å². The maximum absolute atomic E-state index is 5.56. The number of halogens is 1. The fourth-order valence-corrected chi connectivity index (χ4v) is 2.78. The maximum Gasteiger partial charge on any atom is 0.161 e. The minimum absolute atomic E-state index is 0. The fourth-order valence-electron chi connectivity index (χ4n) is 2.78. The molecule has 1 unspecified atom stereocenters. The van der Waals surface area contributed by atoms with Gasteiger partial charge in [0.15, 0.2) is 11.5 Å². The lowest BCUT2D eigenvalue weighted by molar-refractivity contribution is 0.187. The SMILES string of the molecule is CCOc1ccc(CN2CCCC(NC)C2)cc1OC.Cl. The summed E-state index contributed by atoms with van der Waals surface area (Å²) in [4.78, 5) is 2.50. The van der Waals surface area contributed by atoms with Gasteiger partial charge in [-0.2, -0.15) is 0 Å². The Morgan fingerprint density at radius 2 is 2.14 bits per heavy atom. The number of hydrogen-bond donors (Lipinski definition) is 1. The van der Waals surface area contributed by atoms with Crippen LogP contribution in [-0.2, 0) is 6.54 Å². The van der Waals surface area contributed by atoms with Gasteiger partial charge in [-0.15, -0.1) is 12.4 Å². The van der Waals surface area contributed by atoms with Crippen molar-refractivity contribution in [1.29, 1.82) is 0 Å². The van der Waals surface area contributed by atoms with Crippen LogP contribution >= 0.6 is 12.4 Å². The highest BCUT2D eigenvalue weighted by Crippen LogP contribution is 2.28. The summed E-state index contributed by atoms with van der Waals surface area (Å²) >= 11 is 0. The molecule has 1 heterocycles. The second-order valence-corrected chi connectivity index (χ2v) is 5.28. The van der Waals surface area contributed by atoms with Crippen LogP contribution in [0.2, 0.25) is 0 Å². The molecule has 5 heteroatoms. The third-order valence-corrected chi connectivity index (χ3v) is 3.85. The van der Waals surface area contributed by atoms with Gasteiger partial charge in [0.1, 0.15) is 0 Å². The van der Waals surface area contributed by atoms with E-state index in [0.29, 0.717) is 12.6 Å². The largest absolute Gasteiger partial charge is 0.493 e. The van der Waals surface area contributed by atoms with Crippen molar-refractivity contribution in [1.82, 2.24) is 10.2 Å². The van der Waals surface area contributed by atoms with Gasteiger partial charge in [-0.05, 0) is 51.1 Å². The Balaban J connectivity index is 0.00000220. The van der Waals surface area contributed by atoms with E-state index in [4.69, 9.17) is 9.47 Å². The van der Waals surface area contributed by atoms with Crippen LogP contribution in [0.1, 0.15) is 25.3 Å². The number of likely N-dealkylation sites (tertiary alicyclic amines) is 1. The Kier molecular flexibility index (Phi) is 7.86. The van der Waals surface area contributed by atoms with E-state index in [1.165, 1.54) is 24.9 Å². The summed E-state index contributed by atoms with van der Waals surface area (Å²) in [7, 11) is 3.74. The molecule has 120 valence electrons. The summed E-state index contributed by atoms with van der Waals surface area (Å²) in [6, 6.07) is 6.86. The van der Waals surface area contributed by atoms with E-state index >= 15 is 0 Å². The van der Waals surface area contributed by atoms with Crippen LogP contribution in [0.15, 0.2) is 18.2 Å². The number of ether oxygens (including phenoxy) is 2. The van der Waals surface area contributed by atoms with E-state index in [1.807, 2.05) is 20.0 Å². The zero-order valence-corrected chi connectivity index (χ0v) is 14.0. The summed E-state index contributed by atoms with van der Waals surface area (Å²) in [6.07, 6.45) is 2.54. The summed E-state index contributed by atoms with van der Waals surface area (Å²) < 4.78 is 11.0. The van der Waals surface area contributed by atoms with Crippen LogP contribution in [0, 0.1) is 0 Å². The molecule has 0 aliphatic carbocycles. The molecule has 0 spiro atoms. The molecule has 1 saturated heterocycles. The molecular formula is C16H27ClN2O2. The molecular weight excluding hydrogens is 288 g/mol. The van der Waals surface area contributed by atoms with E-state index in [2.05, 4.69) is 22.3 Å². The highest BCUT2D eigenvalue weighted by molar-refractivity contribution is 5.85. The van der Waals surface area contributed by atoms with Crippen LogP contribution in [0.4, 0.5) is 0 Å². The first-order valence-corrected chi connectivity index (χ1v) is 7.46. The van der Waals surface area contributed by atoms with Gasteiger partial charge < -0.3 is 14.8 Å². The van der Waals surface area contributed by atoms with E-state index in [-0.39, 0.29) is 12.4 Å². The lowest BCUT2D eigenvalue weighted by Gasteiger charge is -2.32. The summed E-state index contributed by atoms with van der Waals surface area (Å²) in [5, 5.41) is 3.38. The first-order chi connectivity index (χ1) is 9.76. The van der Waals surface area contributed by atoms with E-state index in [1.54, 1.807) is 7.11 Å². The second-order valence-electron chi connectivity index (χ2n) is 5.28. The average Bonchev–Trinajstić information content (AvgIpc) is 2.49. The zero-order valence-electron chi connectivity index (χ0n) is 13.2. The van der Waals surface area contributed by atoms with Crippen molar-refractivity contribution in [3.63, 3.8) is 0 Å². The Hall–Kier alpha value is -0.970. The van der Waals surface area contributed by atoms with E-state index < -0.39 is 0 Å². The van der Waals surface area contributed by atoms with Crippen molar-refractivity contribution < 1.29 is 9.47 Å². The smallest absolute Gasteiger partial charge is 0.161 e.